The molecule has 0 saturated heterocycles. The molecule has 0 heterocycles. The quantitative estimate of drug-likeness (QED) is 0.369. The molecule has 1 saturated carbocycles. The number of aryl methyl sites for hydroxylation is 2. The zero-order valence-corrected chi connectivity index (χ0v) is 25.1. The highest BCUT2D eigenvalue weighted by Gasteiger charge is 2.41. The predicted molar refractivity (Wildman–Crippen MR) is 153 cm³/mol. The van der Waals surface area contributed by atoms with Crippen LogP contribution in [-0.2, 0) is 14.3 Å². The van der Waals surface area contributed by atoms with Gasteiger partial charge >= 0.3 is 6.09 Å². The number of nitrogens with one attached hydrogen (secondary N) is 2. The van der Waals surface area contributed by atoms with E-state index in [-0.39, 0.29) is 29.8 Å². The first-order chi connectivity index (χ1) is 17.8. The highest BCUT2D eigenvalue weighted by atomic mass is 16.6. The van der Waals surface area contributed by atoms with E-state index in [1.165, 1.54) is 6.42 Å². The van der Waals surface area contributed by atoms with E-state index in [1.54, 1.807) is 25.7 Å². The molecule has 4 unspecified atom stereocenters. The molecule has 7 nitrogen and oxygen atoms in total. The molecule has 0 aromatic heterocycles. The van der Waals surface area contributed by atoms with E-state index in [9.17, 15) is 14.4 Å². The zero-order valence-electron chi connectivity index (χ0n) is 25.1. The number of amides is 3. The Morgan fingerprint density at radius 1 is 1.00 bits per heavy atom. The second kappa shape index (κ2) is 14.0. The molecule has 7 heteroatoms. The predicted octanol–water partition coefficient (Wildman–Crippen LogP) is 6.36. The number of alkyl carbamates (subject to hydrolysis) is 1. The zero-order chi connectivity index (χ0) is 28.6. The van der Waals surface area contributed by atoms with Crippen molar-refractivity contribution in [2.24, 2.45) is 5.92 Å². The molecule has 1 aliphatic rings. The van der Waals surface area contributed by atoms with Crippen molar-refractivity contribution >= 4 is 17.9 Å². The highest BCUT2D eigenvalue weighted by molar-refractivity contribution is 5.93. The lowest BCUT2D eigenvalue weighted by Crippen LogP contribution is -2.58. The minimum absolute atomic E-state index is 0.113. The van der Waals surface area contributed by atoms with Crippen LogP contribution in [0.5, 0.6) is 0 Å². The third kappa shape index (κ3) is 8.47. The SMILES string of the molecule is CCC(C)C(NC(=O)OC(C)(C)C)C(=O)N(C(C)CC)C(C(=O)NC1CCCCC1)c1c(C)cccc1C. The van der Waals surface area contributed by atoms with Gasteiger partial charge in [-0.3, -0.25) is 9.59 Å². The van der Waals surface area contributed by atoms with Crippen LogP contribution in [0.4, 0.5) is 4.79 Å². The van der Waals surface area contributed by atoms with Crippen LogP contribution in [0.1, 0.15) is 116 Å². The van der Waals surface area contributed by atoms with Crippen molar-refractivity contribution in [2.45, 2.75) is 137 Å². The van der Waals surface area contributed by atoms with E-state index in [2.05, 4.69) is 10.6 Å². The Balaban J connectivity index is 2.58. The Morgan fingerprint density at radius 3 is 2.08 bits per heavy atom. The highest BCUT2D eigenvalue weighted by Crippen LogP contribution is 2.32. The van der Waals surface area contributed by atoms with Crippen LogP contribution in [0.2, 0.25) is 0 Å². The molecular weight excluding hydrogens is 478 g/mol. The lowest BCUT2D eigenvalue weighted by atomic mass is 9.89. The summed E-state index contributed by atoms with van der Waals surface area (Å²) in [6, 6.07) is 4.23. The number of hydrogen-bond donors (Lipinski definition) is 2. The summed E-state index contributed by atoms with van der Waals surface area (Å²) >= 11 is 0. The van der Waals surface area contributed by atoms with Gasteiger partial charge in [0.15, 0.2) is 0 Å². The van der Waals surface area contributed by atoms with E-state index < -0.39 is 23.8 Å². The summed E-state index contributed by atoms with van der Waals surface area (Å²) in [6.07, 6.45) is 6.03. The van der Waals surface area contributed by atoms with E-state index in [4.69, 9.17) is 4.74 Å². The normalized spacial score (nSPS) is 17.6. The first-order valence-corrected chi connectivity index (χ1v) is 14.5. The van der Waals surface area contributed by atoms with Gasteiger partial charge < -0.3 is 20.3 Å². The van der Waals surface area contributed by atoms with E-state index >= 15 is 0 Å². The molecule has 4 atom stereocenters. The average molecular weight is 530 g/mol. The third-order valence-electron chi connectivity index (χ3n) is 7.77. The average Bonchev–Trinajstić information content (AvgIpc) is 2.85. The summed E-state index contributed by atoms with van der Waals surface area (Å²) in [5.41, 5.74) is 2.10. The lowest BCUT2D eigenvalue weighted by molar-refractivity contribution is -0.146. The van der Waals surface area contributed by atoms with Crippen molar-refractivity contribution in [1.29, 1.82) is 0 Å². The van der Waals surface area contributed by atoms with Gasteiger partial charge in [-0.05, 0) is 83.4 Å². The number of carbonyl (C=O) groups is 3. The van der Waals surface area contributed by atoms with Crippen LogP contribution in [0.3, 0.4) is 0 Å². The Bertz CT molecular complexity index is 929. The first kappa shape index (κ1) is 31.6. The summed E-state index contributed by atoms with van der Waals surface area (Å²) in [5, 5.41) is 6.15. The molecule has 2 rings (SSSR count). The van der Waals surface area contributed by atoms with E-state index in [0.717, 1.165) is 42.4 Å². The van der Waals surface area contributed by atoms with Gasteiger partial charge in [-0.15, -0.1) is 0 Å². The van der Waals surface area contributed by atoms with Crippen molar-refractivity contribution < 1.29 is 19.1 Å². The van der Waals surface area contributed by atoms with Crippen molar-refractivity contribution in [3.8, 4) is 0 Å². The van der Waals surface area contributed by atoms with Crippen molar-refractivity contribution in [2.75, 3.05) is 0 Å². The monoisotopic (exact) mass is 529 g/mol. The fourth-order valence-corrected chi connectivity index (χ4v) is 5.26. The molecule has 3 amide bonds. The summed E-state index contributed by atoms with van der Waals surface area (Å²) < 4.78 is 5.51. The van der Waals surface area contributed by atoms with Gasteiger partial charge in [-0.25, -0.2) is 4.79 Å². The van der Waals surface area contributed by atoms with Crippen LogP contribution < -0.4 is 10.6 Å². The summed E-state index contributed by atoms with van der Waals surface area (Å²) in [5.74, 6) is -0.560. The second-order valence-corrected chi connectivity index (χ2v) is 12.1. The maximum Gasteiger partial charge on any atom is 0.408 e. The number of hydrogen-bond acceptors (Lipinski definition) is 4. The van der Waals surface area contributed by atoms with Crippen LogP contribution in [0.15, 0.2) is 18.2 Å². The number of ether oxygens (including phenoxy) is 1. The Labute approximate surface area is 230 Å². The minimum Gasteiger partial charge on any atom is -0.444 e. The molecule has 0 aliphatic heterocycles. The molecule has 38 heavy (non-hydrogen) atoms. The standard InChI is InChI=1S/C31H51N3O4/c1-10-20(3)26(33-30(37)38-31(7,8)9)29(36)34(23(6)11-2)27(25-21(4)16-15-17-22(25)5)28(35)32-24-18-13-12-14-19-24/h15-17,20,23-24,26-27H,10-14,18-19H2,1-9H3,(H,32,35)(H,33,37). The molecule has 1 aliphatic carbocycles. The molecule has 2 N–H and O–H groups in total. The second-order valence-electron chi connectivity index (χ2n) is 12.1. The molecule has 1 aromatic carbocycles. The number of rotatable bonds is 10. The summed E-state index contributed by atoms with van der Waals surface area (Å²) in [7, 11) is 0. The molecule has 0 spiro atoms. The minimum atomic E-state index is -0.821. The molecule has 214 valence electrons. The summed E-state index contributed by atoms with van der Waals surface area (Å²) in [6.45, 7) is 17.3. The van der Waals surface area contributed by atoms with Crippen molar-refractivity contribution in [1.82, 2.24) is 15.5 Å². The van der Waals surface area contributed by atoms with Gasteiger partial charge in [0, 0.05) is 12.1 Å². The van der Waals surface area contributed by atoms with Gasteiger partial charge in [0.2, 0.25) is 11.8 Å². The van der Waals surface area contributed by atoms with Crippen molar-refractivity contribution in [3.63, 3.8) is 0 Å². The fourth-order valence-electron chi connectivity index (χ4n) is 5.26. The molecule has 0 bridgehead atoms. The molecule has 1 aromatic rings. The fraction of sp³-hybridized carbons (Fsp3) is 0.710. The van der Waals surface area contributed by atoms with Gasteiger partial charge in [0.05, 0.1) is 0 Å². The van der Waals surface area contributed by atoms with Crippen molar-refractivity contribution in [3.05, 3.63) is 34.9 Å². The smallest absolute Gasteiger partial charge is 0.408 e. The molecule has 1 fully saturated rings. The molecular formula is C31H51N3O4. The van der Waals surface area contributed by atoms with E-state index in [1.807, 2.05) is 59.7 Å². The van der Waals surface area contributed by atoms with Gasteiger partial charge in [0.1, 0.15) is 17.7 Å². The maximum absolute atomic E-state index is 14.5. The van der Waals surface area contributed by atoms with Gasteiger partial charge in [0.25, 0.3) is 0 Å². The van der Waals surface area contributed by atoms with Gasteiger partial charge in [-0.1, -0.05) is 64.7 Å². The van der Waals surface area contributed by atoms with E-state index in [0.29, 0.717) is 12.8 Å². The van der Waals surface area contributed by atoms with Crippen LogP contribution >= 0.6 is 0 Å². The van der Waals surface area contributed by atoms with Crippen LogP contribution in [0, 0.1) is 19.8 Å². The largest absolute Gasteiger partial charge is 0.444 e. The number of carbonyl (C=O) groups excluding carboxylic acids is 3. The topological polar surface area (TPSA) is 87.7 Å². The number of benzene rings is 1. The molecule has 0 radical (unpaired) electrons. The Hall–Kier alpha value is -2.57. The maximum atomic E-state index is 14.5. The lowest BCUT2D eigenvalue weighted by Gasteiger charge is -2.41. The Morgan fingerprint density at radius 2 is 1.58 bits per heavy atom. The van der Waals surface area contributed by atoms with Gasteiger partial charge in [-0.2, -0.15) is 0 Å². The summed E-state index contributed by atoms with van der Waals surface area (Å²) in [4.78, 5) is 43.1. The number of nitrogens with zero attached hydrogens (tertiary/aromatic N) is 1. The third-order valence-corrected chi connectivity index (χ3v) is 7.77. The van der Waals surface area contributed by atoms with Crippen LogP contribution in [0.25, 0.3) is 0 Å². The van der Waals surface area contributed by atoms with Crippen LogP contribution in [-0.4, -0.2) is 46.5 Å². The Kier molecular flexibility index (Phi) is 11.7. The first-order valence-electron chi connectivity index (χ1n) is 14.5.